The summed E-state index contributed by atoms with van der Waals surface area (Å²) in [6.07, 6.45) is 4.33. The average Bonchev–Trinajstić information content (AvgIpc) is 3.42. The highest BCUT2D eigenvalue weighted by molar-refractivity contribution is 6.03. The molecule has 1 unspecified atom stereocenters. The van der Waals surface area contributed by atoms with E-state index in [9.17, 15) is 10.1 Å². The van der Waals surface area contributed by atoms with Gasteiger partial charge < -0.3 is 18.9 Å². The maximum atomic E-state index is 12.7. The SMILES string of the molecule is C[C@@H]1CC(n2c([C@H]3CCN(C(=O)OC(C)(C)C)C3)nc3cnc4ccc(C#N)cc4c32)CCO1. The van der Waals surface area contributed by atoms with Crippen LogP contribution in [-0.2, 0) is 9.47 Å². The van der Waals surface area contributed by atoms with Gasteiger partial charge in [0.1, 0.15) is 16.9 Å². The number of nitriles is 1. The van der Waals surface area contributed by atoms with Crippen LogP contribution in [-0.4, -0.2) is 56.9 Å². The largest absolute Gasteiger partial charge is 0.444 e. The minimum Gasteiger partial charge on any atom is -0.444 e. The van der Waals surface area contributed by atoms with Crippen molar-refractivity contribution < 1.29 is 14.3 Å². The second kappa shape index (κ2) is 8.55. The van der Waals surface area contributed by atoms with Crippen LogP contribution in [0.2, 0.25) is 0 Å². The first-order chi connectivity index (χ1) is 16.2. The third kappa shape index (κ3) is 4.21. The lowest BCUT2D eigenvalue weighted by atomic mass is 10.0. The van der Waals surface area contributed by atoms with Crippen LogP contribution in [0.1, 0.15) is 70.3 Å². The van der Waals surface area contributed by atoms with Crippen LogP contribution >= 0.6 is 0 Å². The molecular formula is C26H31N5O3. The maximum absolute atomic E-state index is 12.7. The average molecular weight is 462 g/mol. The lowest BCUT2D eigenvalue weighted by Crippen LogP contribution is -2.35. The zero-order valence-electron chi connectivity index (χ0n) is 20.2. The van der Waals surface area contributed by atoms with E-state index in [2.05, 4.69) is 22.5 Å². The molecule has 8 nitrogen and oxygen atoms in total. The van der Waals surface area contributed by atoms with E-state index in [0.29, 0.717) is 25.3 Å². The van der Waals surface area contributed by atoms with Crippen molar-refractivity contribution in [3.63, 3.8) is 0 Å². The van der Waals surface area contributed by atoms with E-state index >= 15 is 0 Å². The third-order valence-corrected chi connectivity index (χ3v) is 6.70. The second-order valence-corrected chi connectivity index (χ2v) is 10.4. The number of fused-ring (bicyclic) bond motifs is 3. The van der Waals surface area contributed by atoms with Crippen LogP contribution in [0.3, 0.4) is 0 Å². The molecular weight excluding hydrogens is 430 g/mol. The van der Waals surface area contributed by atoms with Gasteiger partial charge in [-0.05, 0) is 65.2 Å². The molecule has 2 saturated heterocycles. The Morgan fingerprint density at radius 2 is 2.09 bits per heavy atom. The molecule has 3 atom stereocenters. The quantitative estimate of drug-likeness (QED) is 0.538. The Hall–Kier alpha value is -3.18. The summed E-state index contributed by atoms with van der Waals surface area (Å²) in [5.74, 6) is 1.09. The van der Waals surface area contributed by atoms with Gasteiger partial charge in [-0.15, -0.1) is 0 Å². The molecule has 1 aromatic carbocycles. The Kier molecular flexibility index (Phi) is 5.68. The number of imidazole rings is 1. The van der Waals surface area contributed by atoms with Crippen LogP contribution in [0.5, 0.6) is 0 Å². The first-order valence-corrected chi connectivity index (χ1v) is 12.0. The summed E-state index contributed by atoms with van der Waals surface area (Å²) >= 11 is 0. The van der Waals surface area contributed by atoms with Crippen LogP contribution in [0.25, 0.3) is 21.9 Å². The van der Waals surface area contributed by atoms with E-state index in [0.717, 1.165) is 47.0 Å². The predicted octanol–water partition coefficient (Wildman–Crippen LogP) is 4.92. The molecule has 178 valence electrons. The molecule has 2 aliphatic rings. The van der Waals surface area contributed by atoms with Crippen molar-refractivity contribution in [3.05, 3.63) is 35.8 Å². The van der Waals surface area contributed by atoms with Gasteiger partial charge in [0.15, 0.2) is 0 Å². The molecule has 0 N–H and O–H groups in total. The highest BCUT2D eigenvalue weighted by atomic mass is 16.6. The maximum Gasteiger partial charge on any atom is 0.410 e. The highest BCUT2D eigenvalue weighted by Gasteiger charge is 2.35. The van der Waals surface area contributed by atoms with Crippen LogP contribution in [0.4, 0.5) is 4.79 Å². The Bertz CT molecular complexity index is 1290. The Morgan fingerprint density at radius 1 is 1.26 bits per heavy atom. The van der Waals surface area contributed by atoms with E-state index in [1.165, 1.54) is 0 Å². The van der Waals surface area contributed by atoms with Crippen molar-refractivity contribution in [2.24, 2.45) is 0 Å². The third-order valence-electron chi connectivity index (χ3n) is 6.70. The van der Waals surface area contributed by atoms with Gasteiger partial charge in [-0.3, -0.25) is 4.98 Å². The number of hydrogen-bond donors (Lipinski definition) is 0. The number of carbonyl (C=O) groups excluding carboxylic acids is 1. The van der Waals surface area contributed by atoms with Crippen LogP contribution in [0.15, 0.2) is 24.4 Å². The fourth-order valence-corrected chi connectivity index (χ4v) is 5.19. The summed E-state index contributed by atoms with van der Waals surface area (Å²) < 4.78 is 13.8. The number of rotatable bonds is 2. The van der Waals surface area contributed by atoms with Crippen molar-refractivity contribution in [1.82, 2.24) is 19.4 Å². The van der Waals surface area contributed by atoms with Crippen molar-refractivity contribution in [2.75, 3.05) is 19.7 Å². The Labute approximate surface area is 199 Å². The molecule has 0 aliphatic carbocycles. The van der Waals surface area contributed by atoms with Crippen LogP contribution in [0, 0.1) is 11.3 Å². The van der Waals surface area contributed by atoms with E-state index in [4.69, 9.17) is 14.5 Å². The van der Waals surface area contributed by atoms with E-state index in [1.54, 1.807) is 11.0 Å². The zero-order valence-corrected chi connectivity index (χ0v) is 20.2. The molecule has 0 bridgehead atoms. The number of amides is 1. The molecule has 4 heterocycles. The molecule has 2 fully saturated rings. The number of carbonyl (C=O) groups is 1. The van der Waals surface area contributed by atoms with E-state index < -0.39 is 5.60 Å². The molecule has 0 spiro atoms. The summed E-state index contributed by atoms with van der Waals surface area (Å²) in [7, 11) is 0. The van der Waals surface area contributed by atoms with Gasteiger partial charge in [0.2, 0.25) is 0 Å². The lowest BCUT2D eigenvalue weighted by molar-refractivity contribution is 0.00607. The Morgan fingerprint density at radius 3 is 2.82 bits per heavy atom. The highest BCUT2D eigenvalue weighted by Crippen LogP contribution is 2.38. The van der Waals surface area contributed by atoms with Gasteiger partial charge in [-0.2, -0.15) is 5.26 Å². The lowest BCUT2D eigenvalue weighted by Gasteiger charge is -2.31. The minimum atomic E-state index is -0.524. The summed E-state index contributed by atoms with van der Waals surface area (Å²) in [6.45, 7) is 9.69. The molecule has 2 aromatic heterocycles. The number of likely N-dealkylation sites (tertiary alicyclic amines) is 1. The fraction of sp³-hybridized carbons (Fsp3) is 0.538. The summed E-state index contributed by atoms with van der Waals surface area (Å²) in [4.78, 5) is 24.2. The van der Waals surface area contributed by atoms with Crippen molar-refractivity contribution in [2.45, 2.75) is 70.6 Å². The molecule has 0 radical (unpaired) electrons. The number of hydrogen-bond acceptors (Lipinski definition) is 6. The summed E-state index contributed by atoms with van der Waals surface area (Å²) in [5.41, 5.74) is 2.78. The topological polar surface area (TPSA) is 93.3 Å². The van der Waals surface area contributed by atoms with Gasteiger partial charge in [0, 0.05) is 37.0 Å². The minimum absolute atomic E-state index is 0.104. The van der Waals surface area contributed by atoms with Crippen molar-refractivity contribution in [1.29, 1.82) is 5.26 Å². The van der Waals surface area contributed by atoms with E-state index in [1.807, 2.05) is 39.1 Å². The molecule has 3 aromatic rings. The number of benzene rings is 1. The van der Waals surface area contributed by atoms with Gasteiger partial charge in [-0.1, -0.05) is 0 Å². The molecule has 2 aliphatic heterocycles. The first-order valence-electron chi connectivity index (χ1n) is 12.0. The fourth-order valence-electron chi connectivity index (χ4n) is 5.19. The van der Waals surface area contributed by atoms with Crippen molar-refractivity contribution in [3.8, 4) is 6.07 Å². The van der Waals surface area contributed by atoms with Gasteiger partial charge >= 0.3 is 6.09 Å². The summed E-state index contributed by atoms with van der Waals surface area (Å²) in [5, 5.41) is 10.4. The van der Waals surface area contributed by atoms with Crippen LogP contribution < -0.4 is 0 Å². The first kappa shape index (κ1) is 22.6. The normalized spacial score (nSPS) is 23.4. The molecule has 8 heteroatoms. The number of pyridine rings is 1. The number of aromatic nitrogens is 3. The number of nitrogens with zero attached hydrogens (tertiary/aromatic N) is 5. The monoisotopic (exact) mass is 461 g/mol. The molecule has 5 rings (SSSR count). The van der Waals surface area contributed by atoms with Gasteiger partial charge in [0.05, 0.1) is 35.0 Å². The molecule has 1 amide bonds. The predicted molar refractivity (Wildman–Crippen MR) is 129 cm³/mol. The van der Waals surface area contributed by atoms with Gasteiger partial charge in [0.25, 0.3) is 0 Å². The van der Waals surface area contributed by atoms with E-state index in [-0.39, 0.29) is 24.2 Å². The smallest absolute Gasteiger partial charge is 0.410 e. The Balaban J connectivity index is 1.60. The summed E-state index contributed by atoms with van der Waals surface area (Å²) in [6, 6.07) is 8.10. The number of ether oxygens (including phenoxy) is 2. The standard InChI is InChI=1S/C26H31N5O3/c1-16-11-19(8-10-33-16)31-23-20-12-17(13-27)5-6-21(20)28-14-22(23)29-24(31)18-7-9-30(15-18)25(32)34-26(2,3)4/h5-6,12,14,16,18-19H,7-11,15H2,1-4H3/t16-,18+,19?/m1/s1. The van der Waals surface area contributed by atoms with Crippen molar-refractivity contribution >= 4 is 28.0 Å². The molecule has 0 saturated carbocycles. The van der Waals surface area contributed by atoms with Gasteiger partial charge in [-0.25, -0.2) is 9.78 Å². The second-order valence-electron chi connectivity index (χ2n) is 10.4. The zero-order chi connectivity index (χ0) is 24.0. The molecule has 34 heavy (non-hydrogen) atoms.